The number of carbonyl (C=O) groups is 2. The van der Waals surface area contributed by atoms with Gasteiger partial charge in [0.25, 0.3) is 0 Å². The van der Waals surface area contributed by atoms with Crippen molar-refractivity contribution in [1.29, 1.82) is 0 Å². The van der Waals surface area contributed by atoms with E-state index in [0.717, 1.165) is 31.8 Å². The number of hydrogen-bond donors (Lipinski definition) is 2. The summed E-state index contributed by atoms with van der Waals surface area (Å²) in [5, 5.41) is 11.4. The van der Waals surface area contributed by atoms with Gasteiger partial charge < -0.3 is 10.4 Å². The molecule has 5 heteroatoms. The highest BCUT2D eigenvalue weighted by atomic mass is 16.4. The maximum atomic E-state index is 12.2. The summed E-state index contributed by atoms with van der Waals surface area (Å²) < 4.78 is 0. The molecule has 1 rings (SSSR count). The number of rotatable bonds is 8. The van der Waals surface area contributed by atoms with Crippen molar-refractivity contribution in [3.63, 3.8) is 0 Å². The number of carboxylic acid groups (broad SMARTS) is 1. The van der Waals surface area contributed by atoms with E-state index < -0.39 is 5.97 Å². The maximum absolute atomic E-state index is 12.2. The molecule has 0 spiro atoms. The second kappa shape index (κ2) is 8.89. The van der Waals surface area contributed by atoms with E-state index in [4.69, 9.17) is 5.11 Å². The summed E-state index contributed by atoms with van der Waals surface area (Å²) >= 11 is 0. The quantitative estimate of drug-likeness (QED) is 0.720. The van der Waals surface area contributed by atoms with Gasteiger partial charge in [-0.25, -0.2) is 9.78 Å². The molecular formula is C16H22N2O3. The molecule has 1 aromatic heterocycles. The Labute approximate surface area is 125 Å². The Morgan fingerprint density at radius 1 is 1.33 bits per heavy atom. The predicted molar refractivity (Wildman–Crippen MR) is 82.8 cm³/mol. The first-order valence-electron chi connectivity index (χ1n) is 7.24. The number of hydrogen-bond acceptors (Lipinski definition) is 3. The number of aromatic nitrogens is 1. The molecule has 0 aliphatic heterocycles. The van der Waals surface area contributed by atoms with Gasteiger partial charge in [-0.2, -0.15) is 0 Å². The van der Waals surface area contributed by atoms with Gasteiger partial charge in [-0.3, -0.25) is 4.79 Å². The van der Waals surface area contributed by atoms with Crippen LogP contribution in [0, 0.1) is 5.92 Å². The van der Waals surface area contributed by atoms with E-state index in [2.05, 4.69) is 24.1 Å². The third-order valence-electron chi connectivity index (χ3n) is 3.10. The van der Waals surface area contributed by atoms with E-state index >= 15 is 0 Å². The second-order valence-corrected chi connectivity index (χ2v) is 4.91. The molecule has 0 saturated heterocycles. The Hall–Kier alpha value is -2.17. The van der Waals surface area contributed by atoms with E-state index in [1.54, 1.807) is 18.3 Å². The molecule has 0 atom stereocenters. The highest BCUT2D eigenvalue weighted by Crippen LogP contribution is 2.16. The number of pyridine rings is 1. The van der Waals surface area contributed by atoms with Gasteiger partial charge in [0.05, 0.1) is 0 Å². The zero-order chi connectivity index (χ0) is 15.7. The Kier molecular flexibility index (Phi) is 7.15. The van der Waals surface area contributed by atoms with Crippen molar-refractivity contribution in [3.05, 3.63) is 30.0 Å². The van der Waals surface area contributed by atoms with E-state index in [1.807, 2.05) is 0 Å². The Balaban J connectivity index is 2.75. The fourth-order valence-electron chi connectivity index (χ4n) is 2.12. The van der Waals surface area contributed by atoms with E-state index in [0.29, 0.717) is 11.4 Å². The van der Waals surface area contributed by atoms with Gasteiger partial charge >= 0.3 is 5.97 Å². The Morgan fingerprint density at radius 2 is 2.00 bits per heavy atom. The minimum Gasteiger partial charge on any atom is -0.478 e. The number of anilines is 1. The van der Waals surface area contributed by atoms with Crippen molar-refractivity contribution in [2.75, 3.05) is 5.32 Å². The second-order valence-electron chi connectivity index (χ2n) is 4.91. The smallest absolute Gasteiger partial charge is 0.328 e. The normalized spacial score (nSPS) is 11.0. The molecule has 114 valence electrons. The number of aliphatic carboxylic acids is 1. The lowest BCUT2D eigenvalue weighted by Crippen LogP contribution is -2.23. The molecule has 2 N–H and O–H groups in total. The summed E-state index contributed by atoms with van der Waals surface area (Å²) in [4.78, 5) is 26.8. The average molecular weight is 290 g/mol. The standard InChI is InChI=1S/C16H22N2O3/c1-3-5-13(6-4-2)16(21)18-14-11-12(9-10-17-14)7-8-15(19)20/h7-11,13H,3-6H2,1-2H3,(H,19,20)(H,17,18,21)/b8-7+. The lowest BCUT2D eigenvalue weighted by molar-refractivity contribution is -0.131. The summed E-state index contributed by atoms with van der Waals surface area (Å²) in [5.74, 6) is -0.585. The first kappa shape index (κ1) is 16.9. The van der Waals surface area contributed by atoms with Gasteiger partial charge in [-0.05, 0) is 36.6 Å². The molecule has 0 fully saturated rings. The summed E-state index contributed by atoms with van der Waals surface area (Å²) in [6.07, 6.45) is 7.72. The van der Waals surface area contributed by atoms with Crippen LogP contribution in [0.5, 0.6) is 0 Å². The molecule has 1 heterocycles. The molecule has 0 aliphatic carbocycles. The van der Waals surface area contributed by atoms with Crippen LogP contribution in [0.2, 0.25) is 0 Å². The number of carbonyl (C=O) groups excluding carboxylic acids is 1. The highest BCUT2D eigenvalue weighted by Gasteiger charge is 2.16. The van der Waals surface area contributed by atoms with Crippen molar-refractivity contribution >= 4 is 23.8 Å². The third-order valence-corrected chi connectivity index (χ3v) is 3.10. The van der Waals surface area contributed by atoms with Crippen LogP contribution < -0.4 is 5.32 Å². The van der Waals surface area contributed by atoms with E-state index in [9.17, 15) is 9.59 Å². The fraction of sp³-hybridized carbons (Fsp3) is 0.438. The monoisotopic (exact) mass is 290 g/mol. The minimum absolute atomic E-state index is 0.0000165. The van der Waals surface area contributed by atoms with Crippen LogP contribution in [0.4, 0.5) is 5.82 Å². The van der Waals surface area contributed by atoms with Crippen molar-refractivity contribution in [1.82, 2.24) is 4.98 Å². The van der Waals surface area contributed by atoms with Crippen molar-refractivity contribution < 1.29 is 14.7 Å². The van der Waals surface area contributed by atoms with E-state index in [-0.39, 0.29) is 11.8 Å². The first-order chi connectivity index (χ1) is 10.1. The average Bonchev–Trinajstić information content (AvgIpc) is 2.45. The molecule has 5 nitrogen and oxygen atoms in total. The minimum atomic E-state index is -1.01. The van der Waals surface area contributed by atoms with Crippen LogP contribution in [-0.2, 0) is 9.59 Å². The summed E-state index contributed by atoms with van der Waals surface area (Å²) in [6, 6.07) is 3.34. The lowest BCUT2D eigenvalue weighted by Gasteiger charge is -2.14. The van der Waals surface area contributed by atoms with Gasteiger partial charge in [0.2, 0.25) is 5.91 Å². The number of amides is 1. The molecule has 0 saturated carbocycles. The number of nitrogens with one attached hydrogen (secondary N) is 1. The molecule has 0 aliphatic rings. The zero-order valence-corrected chi connectivity index (χ0v) is 12.5. The van der Waals surface area contributed by atoms with Crippen LogP contribution in [0.3, 0.4) is 0 Å². The fourth-order valence-corrected chi connectivity index (χ4v) is 2.12. The predicted octanol–water partition coefficient (Wildman–Crippen LogP) is 3.33. The number of nitrogens with zero attached hydrogens (tertiary/aromatic N) is 1. The molecule has 0 aromatic carbocycles. The highest BCUT2D eigenvalue weighted by molar-refractivity contribution is 5.92. The van der Waals surface area contributed by atoms with Crippen LogP contribution in [0.1, 0.15) is 45.1 Å². The Bertz CT molecular complexity index is 506. The SMILES string of the molecule is CCCC(CCC)C(=O)Nc1cc(/C=C/C(=O)O)ccn1. The molecule has 0 unspecified atom stereocenters. The van der Waals surface area contributed by atoms with Crippen LogP contribution in [0.15, 0.2) is 24.4 Å². The molecule has 21 heavy (non-hydrogen) atoms. The number of carboxylic acids is 1. The maximum Gasteiger partial charge on any atom is 0.328 e. The topological polar surface area (TPSA) is 79.3 Å². The van der Waals surface area contributed by atoms with Gasteiger partial charge in [0.15, 0.2) is 0 Å². The first-order valence-corrected chi connectivity index (χ1v) is 7.24. The summed E-state index contributed by atoms with van der Waals surface area (Å²) in [7, 11) is 0. The van der Waals surface area contributed by atoms with Gasteiger partial charge in [-0.15, -0.1) is 0 Å². The Morgan fingerprint density at radius 3 is 2.57 bits per heavy atom. The van der Waals surface area contributed by atoms with Gasteiger partial charge in [-0.1, -0.05) is 26.7 Å². The van der Waals surface area contributed by atoms with Crippen LogP contribution in [0.25, 0.3) is 6.08 Å². The van der Waals surface area contributed by atoms with Crippen molar-refractivity contribution in [2.45, 2.75) is 39.5 Å². The van der Waals surface area contributed by atoms with Crippen molar-refractivity contribution in [3.8, 4) is 0 Å². The van der Waals surface area contributed by atoms with Gasteiger partial charge in [0.1, 0.15) is 5.82 Å². The molecule has 1 amide bonds. The molecular weight excluding hydrogens is 268 g/mol. The lowest BCUT2D eigenvalue weighted by atomic mass is 9.97. The molecule has 1 aromatic rings. The van der Waals surface area contributed by atoms with Crippen LogP contribution >= 0.6 is 0 Å². The summed E-state index contributed by atoms with van der Waals surface area (Å²) in [6.45, 7) is 4.12. The van der Waals surface area contributed by atoms with Crippen molar-refractivity contribution in [2.24, 2.45) is 5.92 Å². The molecule has 0 bridgehead atoms. The van der Waals surface area contributed by atoms with Gasteiger partial charge in [0, 0.05) is 18.2 Å². The van der Waals surface area contributed by atoms with E-state index in [1.165, 1.54) is 6.08 Å². The largest absolute Gasteiger partial charge is 0.478 e. The summed E-state index contributed by atoms with van der Waals surface area (Å²) in [5.41, 5.74) is 0.685. The molecule has 0 radical (unpaired) electrons. The third kappa shape index (κ3) is 6.21. The zero-order valence-electron chi connectivity index (χ0n) is 12.5. The van der Waals surface area contributed by atoms with Crippen LogP contribution in [-0.4, -0.2) is 22.0 Å².